The Hall–Kier alpha value is -2.60. The van der Waals surface area contributed by atoms with E-state index in [2.05, 4.69) is 5.32 Å². The smallest absolute Gasteiger partial charge is 0.369 e. The van der Waals surface area contributed by atoms with Gasteiger partial charge in [0, 0.05) is 11.3 Å². The van der Waals surface area contributed by atoms with Crippen molar-refractivity contribution in [3.63, 3.8) is 0 Å². The fourth-order valence-corrected chi connectivity index (χ4v) is 3.57. The Balaban J connectivity index is 2.22. The van der Waals surface area contributed by atoms with Crippen molar-refractivity contribution in [3.8, 4) is 0 Å². The number of hydrogen-bond donors (Lipinski definition) is 2. The lowest BCUT2D eigenvalue weighted by molar-refractivity contribution is -0.376. The second-order valence-corrected chi connectivity index (χ2v) is 8.84. The average molecular weight is 469 g/mol. The summed E-state index contributed by atoms with van der Waals surface area (Å²) in [6, 6.07) is 8.03. The van der Waals surface area contributed by atoms with Crippen LogP contribution in [0, 0.1) is 0 Å². The molecule has 170 valence electrons. The van der Waals surface area contributed by atoms with Crippen molar-refractivity contribution in [2.75, 3.05) is 11.1 Å². The highest BCUT2D eigenvalue weighted by molar-refractivity contribution is 7.91. The van der Waals surface area contributed by atoms with Gasteiger partial charge in [0.15, 0.2) is 9.84 Å². The highest BCUT2D eigenvalue weighted by atomic mass is 32.2. The molecule has 0 radical (unpaired) electrons. The molecule has 0 saturated heterocycles. The van der Waals surface area contributed by atoms with Crippen LogP contribution in [0.4, 0.5) is 32.0 Å². The first-order valence-corrected chi connectivity index (χ1v) is 10.3. The highest BCUT2D eigenvalue weighted by Crippen LogP contribution is 2.50. The molecule has 0 aliphatic rings. The summed E-state index contributed by atoms with van der Waals surface area (Å²) in [5, 5.41) is 11.6. The third-order valence-corrected chi connectivity index (χ3v) is 6.16. The number of halogens is 6. The number of alkyl halides is 6. The van der Waals surface area contributed by atoms with Crippen molar-refractivity contribution in [2.24, 2.45) is 0 Å². The molecule has 12 heteroatoms. The van der Waals surface area contributed by atoms with E-state index in [9.17, 15) is 44.7 Å². The third kappa shape index (κ3) is 5.18. The van der Waals surface area contributed by atoms with Gasteiger partial charge in [-0.1, -0.05) is 31.2 Å². The van der Waals surface area contributed by atoms with E-state index in [1.54, 1.807) is 0 Å². The van der Waals surface area contributed by atoms with Crippen LogP contribution in [0.25, 0.3) is 0 Å². The summed E-state index contributed by atoms with van der Waals surface area (Å²) in [7, 11) is -3.44. The van der Waals surface area contributed by atoms with Crippen molar-refractivity contribution >= 4 is 21.4 Å². The Morgan fingerprint density at radius 3 is 2.00 bits per heavy atom. The largest absolute Gasteiger partial charge is 0.430 e. The van der Waals surface area contributed by atoms with Gasteiger partial charge in [0.2, 0.25) is 5.91 Å². The molecule has 0 aliphatic heterocycles. The molecule has 0 saturated carbocycles. The first kappa shape index (κ1) is 24.7. The molecule has 31 heavy (non-hydrogen) atoms. The number of rotatable bonds is 6. The summed E-state index contributed by atoms with van der Waals surface area (Å²) in [6.45, 7) is 1.46. The predicted octanol–water partition coefficient (Wildman–Crippen LogP) is 3.97. The lowest BCUT2D eigenvalue weighted by Gasteiger charge is -2.32. The molecular formula is C19H17F6NO4S. The zero-order valence-corrected chi connectivity index (χ0v) is 16.7. The second kappa shape index (κ2) is 8.50. The standard InChI is InChI=1S/C19H17F6NO4S/c1-2-31(29,30)15-8-6-12(7-9-15)10-16(27)26-14-5-3-4-13(11-14)17(28,18(20,21)22)19(23,24)25/h3-9,11,28H,2,10H2,1H3,(H,26,27). The molecule has 0 aromatic heterocycles. The van der Waals surface area contributed by atoms with Crippen LogP contribution in [0.2, 0.25) is 0 Å². The lowest BCUT2D eigenvalue weighted by atomic mass is 9.92. The van der Waals surface area contributed by atoms with E-state index >= 15 is 0 Å². The van der Waals surface area contributed by atoms with Gasteiger partial charge in [-0.25, -0.2) is 8.42 Å². The van der Waals surface area contributed by atoms with Crippen LogP contribution in [-0.2, 0) is 26.7 Å². The number of benzene rings is 2. The Bertz CT molecular complexity index is 1030. The molecule has 0 aliphatic carbocycles. The Morgan fingerprint density at radius 1 is 0.968 bits per heavy atom. The molecular weight excluding hydrogens is 452 g/mol. The maximum absolute atomic E-state index is 13.0. The molecule has 0 bridgehead atoms. The van der Waals surface area contributed by atoms with Gasteiger partial charge in [0.1, 0.15) is 0 Å². The van der Waals surface area contributed by atoms with E-state index in [1.807, 2.05) is 0 Å². The van der Waals surface area contributed by atoms with Crippen LogP contribution in [0.5, 0.6) is 0 Å². The molecule has 2 N–H and O–H groups in total. The summed E-state index contributed by atoms with van der Waals surface area (Å²) in [5.74, 6) is -0.892. The quantitative estimate of drug-likeness (QED) is 0.628. The summed E-state index contributed by atoms with van der Waals surface area (Å²) in [6.07, 6.45) is -12.4. The number of anilines is 1. The van der Waals surface area contributed by atoms with E-state index in [4.69, 9.17) is 0 Å². The van der Waals surface area contributed by atoms with E-state index in [1.165, 1.54) is 31.2 Å². The molecule has 2 aromatic rings. The van der Waals surface area contributed by atoms with Gasteiger partial charge in [0.05, 0.1) is 17.1 Å². The summed E-state index contributed by atoms with van der Waals surface area (Å²) < 4.78 is 102. The Morgan fingerprint density at radius 2 is 1.52 bits per heavy atom. The molecule has 0 fully saturated rings. The van der Waals surface area contributed by atoms with E-state index < -0.39 is 39.3 Å². The van der Waals surface area contributed by atoms with Gasteiger partial charge in [0.25, 0.3) is 5.60 Å². The number of aliphatic hydroxyl groups is 1. The molecule has 0 spiro atoms. The average Bonchev–Trinajstić information content (AvgIpc) is 2.66. The number of hydrogen-bond acceptors (Lipinski definition) is 4. The summed E-state index contributed by atoms with van der Waals surface area (Å²) >= 11 is 0. The van der Waals surface area contributed by atoms with Gasteiger partial charge in [-0.3, -0.25) is 4.79 Å². The maximum Gasteiger partial charge on any atom is 0.430 e. The lowest BCUT2D eigenvalue weighted by Crippen LogP contribution is -2.53. The van der Waals surface area contributed by atoms with Crippen molar-refractivity contribution in [3.05, 3.63) is 59.7 Å². The second-order valence-electron chi connectivity index (χ2n) is 6.56. The normalized spacial score (nSPS) is 13.2. The van der Waals surface area contributed by atoms with Crippen molar-refractivity contribution in [1.82, 2.24) is 0 Å². The van der Waals surface area contributed by atoms with Crippen molar-refractivity contribution in [2.45, 2.75) is 36.2 Å². The van der Waals surface area contributed by atoms with E-state index in [0.29, 0.717) is 17.7 Å². The van der Waals surface area contributed by atoms with Crippen molar-refractivity contribution in [1.29, 1.82) is 0 Å². The first-order chi connectivity index (χ1) is 14.1. The number of carbonyl (C=O) groups is 1. The molecule has 5 nitrogen and oxygen atoms in total. The number of nitrogens with one attached hydrogen (secondary N) is 1. The topological polar surface area (TPSA) is 83.5 Å². The van der Waals surface area contributed by atoms with Crippen molar-refractivity contribution < 1.29 is 44.7 Å². The zero-order valence-electron chi connectivity index (χ0n) is 15.9. The van der Waals surface area contributed by atoms with Crippen LogP contribution in [0.15, 0.2) is 53.4 Å². The fraction of sp³-hybridized carbons (Fsp3) is 0.316. The molecule has 2 aromatic carbocycles. The minimum absolute atomic E-state index is 0.0467. The van der Waals surface area contributed by atoms with Gasteiger partial charge in [-0.2, -0.15) is 26.3 Å². The summed E-state index contributed by atoms with van der Waals surface area (Å²) in [5.41, 5.74) is -6.63. The minimum Gasteiger partial charge on any atom is -0.369 e. The Kier molecular flexibility index (Phi) is 6.76. The molecule has 2 rings (SSSR count). The number of sulfone groups is 1. The van der Waals surface area contributed by atoms with Gasteiger partial charge >= 0.3 is 12.4 Å². The van der Waals surface area contributed by atoms with E-state index in [-0.39, 0.29) is 22.8 Å². The molecule has 0 unspecified atom stereocenters. The SMILES string of the molecule is CCS(=O)(=O)c1ccc(CC(=O)Nc2cccc(C(O)(C(F)(F)F)C(F)(F)F)c2)cc1. The molecule has 1 amide bonds. The summed E-state index contributed by atoms with van der Waals surface area (Å²) in [4.78, 5) is 12.2. The van der Waals surface area contributed by atoms with Crippen LogP contribution in [0.1, 0.15) is 18.1 Å². The van der Waals surface area contributed by atoms with E-state index in [0.717, 1.165) is 12.1 Å². The van der Waals surface area contributed by atoms with Crippen LogP contribution < -0.4 is 5.32 Å². The van der Waals surface area contributed by atoms with Crippen LogP contribution in [0.3, 0.4) is 0 Å². The van der Waals surface area contributed by atoms with Gasteiger partial charge in [-0.05, 0) is 29.8 Å². The van der Waals surface area contributed by atoms with Crippen LogP contribution in [-0.4, -0.2) is 37.5 Å². The van der Waals surface area contributed by atoms with Crippen LogP contribution >= 0.6 is 0 Å². The number of carbonyl (C=O) groups excluding carboxylic acids is 1. The highest BCUT2D eigenvalue weighted by Gasteiger charge is 2.71. The zero-order chi connectivity index (χ0) is 23.7. The van der Waals surface area contributed by atoms with Gasteiger partial charge in [-0.15, -0.1) is 0 Å². The number of amides is 1. The van der Waals surface area contributed by atoms with Gasteiger partial charge < -0.3 is 10.4 Å². The first-order valence-electron chi connectivity index (χ1n) is 8.69. The molecule has 0 heterocycles. The third-order valence-electron chi connectivity index (χ3n) is 4.41. The maximum atomic E-state index is 13.0. The monoisotopic (exact) mass is 469 g/mol. The predicted molar refractivity (Wildman–Crippen MR) is 99.0 cm³/mol. The molecule has 0 atom stereocenters. The Labute approximate surface area is 173 Å². The fourth-order valence-electron chi connectivity index (χ4n) is 2.68. The minimum atomic E-state index is -6.05.